The lowest BCUT2D eigenvalue weighted by Crippen LogP contribution is -2.27. The average molecular weight is 275 g/mol. The zero-order valence-corrected chi connectivity index (χ0v) is 12.4. The van der Waals surface area contributed by atoms with Crippen LogP contribution in [0.3, 0.4) is 0 Å². The fourth-order valence-corrected chi connectivity index (χ4v) is 2.37. The highest BCUT2D eigenvalue weighted by molar-refractivity contribution is 5.31. The Kier molecular flexibility index (Phi) is 4.90. The molecule has 0 saturated carbocycles. The third-order valence-corrected chi connectivity index (χ3v) is 3.48. The van der Waals surface area contributed by atoms with Gasteiger partial charge in [-0.15, -0.1) is 0 Å². The number of hydrogen-bond acceptors (Lipinski definition) is 2. The first-order valence-corrected chi connectivity index (χ1v) is 7.18. The highest BCUT2D eigenvalue weighted by Gasteiger charge is 2.22. The minimum atomic E-state index is -0.204. The summed E-state index contributed by atoms with van der Waals surface area (Å²) in [6.45, 7) is 7.61. The van der Waals surface area contributed by atoms with Gasteiger partial charge in [-0.3, -0.25) is 0 Å². The Morgan fingerprint density at radius 2 is 2.15 bits per heavy atom. The van der Waals surface area contributed by atoms with Crippen LogP contribution in [0.1, 0.15) is 43.3 Å². The zero-order chi connectivity index (χ0) is 14.5. The predicted molar refractivity (Wildman–Crippen MR) is 79.2 cm³/mol. The van der Waals surface area contributed by atoms with E-state index < -0.39 is 0 Å². The molecule has 1 N–H and O–H groups in total. The van der Waals surface area contributed by atoms with Gasteiger partial charge in [0.25, 0.3) is 0 Å². The summed E-state index contributed by atoms with van der Waals surface area (Å²) in [5.74, 6) is 0.720. The molecular weight excluding hydrogens is 253 g/mol. The number of halogens is 1. The van der Waals surface area contributed by atoms with Gasteiger partial charge in [-0.25, -0.2) is 9.37 Å². The van der Waals surface area contributed by atoms with Gasteiger partial charge in [-0.2, -0.15) is 0 Å². The Hall–Kier alpha value is -1.68. The number of hydrogen-bond donors (Lipinski definition) is 1. The number of aromatic nitrogens is 2. The van der Waals surface area contributed by atoms with Crippen molar-refractivity contribution in [2.75, 3.05) is 6.54 Å². The van der Waals surface area contributed by atoms with Gasteiger partial charge in [0.15, 0.2) is 0 Å². The van der Waals surface area contributed by atoms with E-state index in [9.17, 15) is 4.39 Å². The van der Waals surface area contributed by atoms with Crippen LogP contribution in [0.2, 0.25) is 0 Å². The molecule has 0 aliphatic carbocycles. The van der Waals surface area contributed by atoms with Crippen LogP contribution in [-0.4, -0.2) is 16.1 Å². The van der Waals surface area contributed by atoms with E-state index in [-0.39, 0.29) is 11.9 Å². The van der Waals surface area contributed by atoms with Crippen molar-refractivity contribution in [3.05, 3.63) is 53.4 Å². The minimum absolute atomic E-state index is 0.147. The largest absolute Gasteiger partial charge is 0.334 e. The van der Waals surface area contributed by atoms with Gasteiger partial charge in [0, 0.05) is 24.5 Å². The van der Waals surface area contributed by atoms with Crippen LogP contribution in [0.4, 0.5) is 4.39 Å². The molecule has 0 saturated heterocycles. The predicted octanol–water partition coefficient (Wildman–Crippen LogP) is 3.44. The molecule has 20 heavy (non-hydrogen) atoms. The van der Waals surface area contributed by atoms with E-state index in [2.05, 4.69) is 28.7 Å². The molecule has 0 spiro atoms. The Labute approximate surface area is 119 Å². The number of aryl methyl sites for hydroxylation is 2. The van der Waals surface area contributed by atoms with Crippen molar-refractivity contribution in [2.24, 2.45) is 0 Å². The van der Waals surface area contributed by atoms with Gasteiger partial charge < -0.3 is 9.88 Å². The van der Waals surface area contributed by atoms with Gasteiger partial charge in [-0.1, -0.05) is 25.1 Å². The summed E-state index contributed by atoms with van der Waals surface area (Å²) >= 11 is 0. The lowest BCUT2D eigenvalue weighted by atomic mass is 10.0. The van der Waals surface area contributed by atoms with Crippen molar-refractivity contribution in [3.8, 4) is 0 Å². The molecule has 0 radical (unpaired) electrons. The molecule has 1 atom stereocenters. The lowest BCUT2D eigenvalue weighted by Gasteiger charge is -2.21. The van der Waals surface area contributed by atoms with E-state index >= 15 is 0 Å². The maximum Gasteiger partial charge on any atom is 0.131 e. The molecule has 0 amide bonds. The maximum atomic E-state index is 14.4. The molecule has 2 rings (SSSR count). The average Bonchev–Trinajstić information content (AvgIpc) is 2.92. The summed E-state index contributed by atoms with van der Waals surface area (Å²) in [7, 11) is 0. The molecule has 4 heteroatoms. The van der Waals surface area contributed by atoms with Gasteiger partial charge in [0.05, 0.1) is 6.04 Å². The van der Waals surface area contributed by atoms with Crippen molar-refractivity contribution in [1.29, 1.82) is 0 Å². The quantitative estimate of drug-likeness (QED) is 0.875. The monoisotopic (exact) mass is 275 g/mol. The number of benzene rings is 1. The zero-order valence-electron chi connectivity index (χ0n) is 12.4. The highest BCUT2D eigenvalue weighted by atomic mass is 19.1. The fourth-order valence-electron chi connectivity index (χ4n) is 2.37. The summed E-state index contributed by atoms with van der Waals surface area (Å²) in [5.41, 5.74) is 1.33. The molecule has 1 aromatic carbocycles. The molecule has 2 aromatic rings. The summed E-state index contributed by atoms with van der Waals surface area (Å²) in [6, 6.07) is 5.32. The topological polar surface area (TPSA) is 29.9 Å². The Balaban J connectivity index is 2.44. The molecule has 0 aliphatic rings. The normalized spacial score (nSPS) is 12.6. The molecule has 1 aromatic heterocycles. The second kappa shape index (κ2) is 6.66. The smallest absolute Gasteiger partial charge is 0.131 e. The van der Waals surface area contributed by atoms with Crippen molar-refractivity contribution in [1.82, 2.24) is 14.9 Å². The van der Waals surface area contributed by atoms with Crippen LogP contribution < -0.4 is 5.32 Å². The third-order valence-electron chi connectivity index (χ3n) is 3.48. The number of imidazole rings is 1. The molecule has 0 aliphatic heterocycles. The van der Waals surface area contributed by atoms with Gasteiger partial charge in [-0.05, 0) is 32.4 Å². The van der Waals surface area contributed by atoms with Crippen LogP contribution in [0.25, 0.3) is 0 Å². The van der Waals surface area contributed by atoms with Gasteiger partial charge in [0.2, 0.25) is 0 Å². The standard InChI is InChI=1S/C16H22FN3/c1-4-9-18-15(16-19-10-11-20(16)5-2)13-8-6-7-12(3)14(13)17/h6-8,10-11,15,18H,4-5,9H2,1-3H3. The van der Waals surface area contributed by atoms with Gasteiger partial charge >= 0.3 is 0 Å². The molecule has 0 fully saturated rings. The number of nitrogens with one attached hydrogen (secondary N) is 1. The van der Waals surface area contributed by atoms with Crippen molar-refractivity contribution < 1.29 is 4.39 Å². The maximum absolute atomic E-state index is 14.4. The molecule has 3 nitrogen and oxygen atoms in total. The van der Waals surface area contributed by atoms with E-state index in [1.807, 2.05) is 18.3 Å². The molecule has 108 valence electrons. The van der Waals surface area contributed by atoms with Crippen molar-refractivity contribution in [2.45, 2.75) is 39.8 Å². The molecule has 1 heterocycles. The van der Waals surface area contributed by atoms with E-state index in [1.54, 1.807) is 19.2 Å². The summed E-state index contributed by atoms with van der Waals surface area (Å²) in [5, 5.41) is 3.41. The first-order valence-electron chi connectivity index (χ1n) is 7.18. The van der Waals surface area contributed by atoms with E-state index in [4.69, 9.17) is 0 Å². The summed E-state index contributed by atoms with van der Waals surface area (Å²) in [4.78, 5) is 4.42. The second-order valence-electron chi connectivity index (χ2n) is 4.94. The summed E-state index contributed by atoms with van der Waals surface area (Å²) in [6.07, 6.45) is 4.70. The van der Waals surface area contributed by atoms with Crippen LogP contribution >= 0.6 is 0 Å². The summed E-state index contributed by atoms with van der Waals surface area (Å²) < 4.78 is 16.5. The van der Waals surface area contributed by atoms with Crippen LogP contribution in [0.5, 0.6) is 0 Å². The molecule has 0 bridgehead atoms. The molecular formula is C16H22FN3. The lowest BCUT2D eigenvalue weighted by molar-refractivity contribution is 0.508. The number of nitrogens with zero attached hydrogens (tertiary/aromatic N) is 2. The van der Waals surface area contributed by atoms with Crippen molar-refractivity contribution >= 4 is 0 Å². The minimum Gasteiger partial charge on any atom is -0.334 e. The van der Waals surface area contributed by atoms with E-state index in [0.29, 0.717) is 11.1 Å². The molecule has 1 unspecified atom stereocenters. The van der Waals surface area contributed by atoms with Gasteiger partial charge in [0.1, 0.15) is 11.6 Å². The van der Waals surface area contributed by atoms with Crippen LogP contribution in [0, 0.1) is 12.7 Å². The Morgan fingerprint density at radius 1 is 1.35 bits per heavy atom. The van der Waals surface area contributed by atoms with Crippen LogP contribution in [0.15, 0.2) is 30.6 Å². The first kappa shape index (κ1) is 14.7. The Bertz CT molecular complexity index is 563. The van der Waals surface area contributed by atoms with Crippen LogP contribution in [-0.2, 0) is 6.54 Å². The highest BCUT2D eigenvalue weighted by Crippen LogP contribution is 2.25. The van der Waals surface area contributed by atoms with E-state index in [0.717, 1.165) is 25.3 Å². The fraction of sp³-hybridized carbons (Fsp3) is 0.438. The third kappa shape index (κ3) is 2.90. The second-order valence-corrected chi connectivity index (χ2v) is 4.94. The van der Waals surface area contributed by atoms with Crippen molar-refractivity contribution in [3.63, 3.8) is 0 Å². The Morgan fingerprint density at radius 3 is 2.85 bits per heavy atom. The SMILES string of the molecule is CCCNC(c1cccc(C)c1F)c1nccn1CC. The first-order chi connectivity index (χ1) is 9.69. The van der Waals surface area contributed by atoms with E-state index in [1.165, 1.54) is 0 Å². The number of rotatable bonds is 6.